The average Bonchev–Trinajstić information content (AvgIpc) is 3.05. The molecule has 0 aliphatic carbocycles. The number of aromatic nitrogens is 5. The summed E-state index contributed by atoms with van der Waals surface area (Å²) in [5.74, 6) is 0. The zero-order valence-corrected chi connectivity index (χ0v) is 12.6. The third-order valence-electron chi connectivity index (χ3n) is 3.02. The number of rotatable bonds is 2. The van der Waals surface area contributed by atoms with E-state index in [1.54, 1.807) is 17.7 Å². The summed E-state index contributed by atoms with van der Waals surface area (Å²) in [7, 11) is 0. The number of H-pyrrole nitrogens is 1. The molecule has 0 radical (unpaired) electrons. The van der Waals surface area contributed by atoms with Gasteiger partial charge in [-0.15, -0.1) is 11.3 Å². The number of nitrogens with one attached hydrogen (secondary N) is 1. The summed E-state index contributed by atoms with van der Waals surface area (Å²) in [4.78, 5) is 21.0. The maximum atomic E-state index is 6.15. The molecule has 0 atom stereocenters. The first kappa shape index (κ1) is 12.5. The van der Waals surface area contributed by atoms with Crippen LogP contribution in [-0.4, -0.2) is 24.9 Å². The Bertz CT molecular complexity index is 958. The van der Waals surface area contributed by atoms with Crippen molar-refractivity contribution in [3.8, 4) is 0 Å². The summed E-state index contributed by atoms with van der Waals surface area (Å²) in [5, 5.41) is 1.83. The largest absolute Gasteiger partial charge is 0.398 e. The monoisotopic (exact) mass is 314 g/mol. The minimum absolute atomic E-state index is 0.650. The van der Waals surface area contributed by atoms with E-state index in [1.807, 2.05) is 19.1 Å². The lowest BCUT2D eigenvalue weighted by atomic mass is 10.3. The van der Waals surface area contributed by atoms with Gasteiger partial charge in [0.25, 0.3) is 0 Å². The SMILES string of the molecule is Cc1nc2cc(Sc3ncnc4nc[nH]c34)c(N)cc2s1. The number of nitrogens with two attached hydrogens (primary N) is 1. The molecule has 0 saturated heterocycles. The lowest BCUT2D eigenvalue weighted by molar-refractivity contribution is 1.08. The minimum Gasteiger partial charge on any atom is -0.398 e. The summed E-state index contributed by atoms with van der Waals surface area (Å²) >= 11 is 3.13. The predicted octanol–water partition coefficient (Wildman–Crippen LogP) is 3.00. The van der Waals surface area contributed by atoms with Crippen molar-refractivity contribution >= 4 is 50.2 Å². The van der Waals surface area contributed by atoms with Crippen LogP contribution in [0.4, 0.5) is 5.69 Å². The van der Waals surface area contributed by atoms with Crippen LogP contribution in [0, 0.1) is 6.92 Å². The Labute approximate surface area is 127 Å². The fourth-order valence-corrected chi connectivity index (χ4v) is 3.86. The van der Waals surface area contributed by atoms with Crippen LogP contribution in [0.1, 0.15) is 5.01 Å². The first-order chi connectivity index (χ1) is 10.2. The molecule has 21 heavy (non-hydrogen) atoms. The van der Waals surface area contributed by atoms with E-state index in [1.165, 1.54) is 18.1 Å². The van der Waals surface area contributed by atoms with Crippen molar-refractivity contribution in [1.82, 2.24) is 24.9 Å². The van der Waals surface area contributed by atoms with Gasteiger partial charge >= 0.3 is 0 Å². The summed E-state index contributed by atoms with van der Waals surface area (Å²) in [5.41, 5.74) is 9.30. The number of thiazole rings is 1. The second kappa shape index (κ2) is 4.68. The first-order valence-electron chi connectivity index (χ1n) is 6.19. The Morgan fingerprint density at radius 2 is 2.14 bits per heavy atom. The minimum atomic E-state index is 0.650. The van der Waals surface area contributed by atoms with Crippen molar-refractivity contribution in [2.45, 2.75) is 16.8 Å². The normalized spacial score (nSPS) is 11.5. The van der Waals surface area contributed by atoms with Gasteiger partial charge < -0.3 is 10.7 Å². The number of fused-ring (bicyclic) bond motifs is 2. The van der Waals surface area contributed by atoms with Crippen LogP contribution in [0.25, 0.3) is 21.4 Å². The van der Waals surface area contributed by atoms with Crippen LogP contribution in [0.2, 0.25) is 0 Å². The number of aryl methyl sites for hydroxylation is 1. The second-order valence-electron chi connectivity index (χ2n) is 4.47. The average molecular weight is 314 g/mol. The van der Waals surface area contributed by atoms with Crippen molar-refractivity contribution < 1.29 is 0 Å². The maximum Gasteiger partial charge on any atom is 0.181 e. The van der Waals surface area contributed by atoms with Gasteiger partial charge in [-0.2, -0.15) is 0 Å². The summed E-state index contributed by atoms with van der Waals surface area (Å²) in [6.45, 7) is 1.99. The molecule has 0 amide bonds. The molecule has 104 valence electrons. The van der Waals surface area contributed by atoms with Gasteiger partial charge in [-0.05, 0) is 19.1 Å². The van der Waals surface area contributed by atoms with Crippen molar-refractivity contribution in [1.29, 1.82) is 0 Å². The standard InChI is InChI=1S/C13H10N6S2/c1-6-19-8-3-9(7(14)2-10(8)20-6)21-13-11-12(16-4-15-11)17-5-18-13/h2-5H,14H2,1H3,(H,15,16,17,18). The molecular formula is C13H10N6S2. The lowest BCUT2D eigenvalue weighted by Crippen LogP contribution is -1.90. The van der Waals surface area contributed by atoms with Crippen molar-refractivity contribution in [2.75, 3.05) is 5.73 Å². The summed E-state index contributed by atoms with van der Waals surface area (Å²) < 4.78 is 1.10. The Morgan fingerprint density at radius 3 is 3.05 bits per heavy atom. The topological polar surface area (TPSA) is 93.4 Å². The first-order valence-corrected chi connectivity index (χ1v) is 7.82. The van der Waals surface area contributed by atoms with Crippen molar-refractivity contribution in [3.05, 3.63) is 29.8 Å². The molecule has 6 nitrogen and oxygen atoms in total. The fourth-order valence-electron chi connectivity index (χ4n) is 2.10. The van der Waals surface area contributed by atoms with E-state index in [2.05, 4.69) is 24.9 Å². The quantitative estimate of drug-likeness (QED) is 0.436. The number of anilines is 1. The highest BCUT2D eigenvalue weighted by Crippen LogP contribution is 2.37. The molecule has 0 saturated carbocycles. The third-order valence-corrected chi connectivity index (χ3v) is 5.03. The summed E-state index contributed by atoms with van der Waals surface area (Å²) in [6.07, 6.45) is 3.12. The Kier molecular flexibility index (Phi) is 2.79. The third kappa shape index (κ3) is 2.12. The van der Waals surface area contributed by atoms with Gasteiger partial charge in [-0.25, -0.2) is 19.9 Å². The van der Waals surface area contributed by atoms with Gasteiger partial charge in [0.05, 0.1) is 21.6 Å². The number of hydrogen-bond acceptors (Lipinski definition) is 7. The van der Waals surface area contributed by atoms with E-state index in [-0.39, 0.29) is 0 Å². The zero-order valence-electron chi connectivity index (χ0n) is 11.0. The molecule has 0 aliphatic rings. The van der Waals surface area contributed by atoms with E-state index in [0.29, 0.717) is 5.65 Å². The van der Waals surface area contributed by atoms with Crippen LogP contribution in [0.15, 0.2) is 34.7 Å². The number of hydrogen-bond donors (Lipinski definition) is 2. The lowest BCUT2D eigenvalue weighted by Gasteiger charge is -2.05. The van der Waals surface area contributed by atoms with E-state index in [0.717, 1.165) is 36.3 Å². The highest BCUT2D eigenvalue weighted by molar-refractivity contribution is 7.99. The molecule has 4 rings (SSSR count). The molecular weight excluding hydrogens is 304 g/mol. The van der Waals surface area contributed by atoms with Gasteiger partial charge in [0.15, 0.2) is 5.65 Å². The van der Waals surface area contributed by atoms with Crippen LogP contribution in [0.3, 0.4) is 0 Å². The highest BCUT2D eigenvalue weighted by Gasteiger charge is 2.12. The van der Waals surface area contributed by atoms with Gasteiger partial charge in [-0.1, -0.05) is 11.8 Å². The van der Waals surface area contributed by atoms with Gasteiger partial charge in [0.2, 0.25) is 0 Å². The Morgan fingerprint density at radius 1 is 1.24 bits per heavy atom. The molecule has 3 aromatic heterocycles. The molecule has 0 bridgehead atoms. The van der Waals surface area contributed by atoms with E-state index in [4.69, 9.17) is 5.73 Å². The molecule has 0 spiro atoms. The van der Waals surface area contributed by atoms with Gasteiger partial charge in [0, 0.05) is 10.6 Å². The van der Waals surface area contributed by atoms with Crippen molar-refractivity contribution in [2.24, 2.45) is 0 Å². The van der Waals surface area contributed by atoms with E-state index in [9.17, 15) is 0 Å². The van der Waals surface area contributed by atoms with Crippen LogP contribution >= 0.6 is 23.1 Å². The van der Waals surface area contributed by atoms with Crippen LogP contribution in [0.5, 0.6) is 0 Å². The Hall–Kier alpha value is -2.19. The molecule has 0 aliphatic heterocycles. The molecule has 8 heteroatoms. The van der Waals surface area contributed by atoms with Crippen LogP contribution < -0.4 is 5.73 Å². The number of nitrogens with zero attached hydrogens (tertiary/aromatic N) is 4. The van der Waals surface area contributed by atoms with Crippen molar-refractivity contribution in [3.63, 3.8) is 0 Å². The second-order valence-corrected chi connectivity index (χ2v) is 6.74. The molecule has 3 heterocycles. The molecule has 0 unspecified atom stereocenters. The number of aromatic amines is 1. The highest BCUT2D eigenvalue weighted by atomic mass is 32.2. The number of nitrogen functional groups attached to an aromatic ring is 1. The molecule has 1 aromatic carbocycles. The maximum absolute atomic E-state index is 6.15. The Balaban J connectivity index is 1.83. The van der Waals surface area contributed by atoms with Gasteiger partial charge in [0.1, 0.15) is 16.9 Å². The van der Waals surface area contributed by atoms with Gasteiger partial charge in [-0.3, -0.25) is 0 Å². The molecule has 4 aromatic rings. The van der Waals surface area contributed by atoms with Crippen LogP contribution in [-0.2, 0) is 0 Å². The molecule has 3 N–H and O–H groups in total. The smallest absolute Gasteiger partial charge is 0.181 e. The van der Waals surface area contributed by atoms with E-state index < -0.39 is 0 Å². The van der Waals surface area contributed by atoms with E-state index >= 15 is 0 Å². The fraction of sp³-hybridized carbons (Fsp3) is 0.0769. The zero-order chi connectivity index (χ0) is 14.4. The number of benzene rings is 1. The predicted molar refractivity (Wildman–Crippen MR) is 84.6 cm³/mol. The molecule has 0 fully saturated rings. The number of imidazole rings is 1. The summed E-state index contributed by atoms with van der Waals surface area (Å²) in [6, 6.07) is 3.97.